The fraction of sp³-hybridized carbons (Fsp3) is 0.600. The molecule has 4 heteroatoms. The molecule has 0 heterocycles. The third kappa shape index (κ3) is 4.90. The van der Waals surface area contributed by atoms with E-state index in [1.54, 1.807) is 19.2 Å². The molecule has 0 spiro atoms. The first-order valence-corrected chi connectivity index (χ1v) is 6.86. The van der Waals surface area contributed by atoms with Gasteiger partial charge in [0.2, 0.25) is 0 Å². The molecule has 1 saturated carbocycles. The van der Waals surface area contributed by atoms with Crippen LogP contribution in [0.25, 0.3) is 0 Å². The van der Waals surface area contributed by atoms with Gasteiger partial charge in [-0.25, -0.2) is 4.39 Å². The van der Waals surface area contributed by atoms with Gasteiger partial charge in [0.15, 0.2) is 0 Å². The van der Waals surface area contributed by atoms with Crippen LogP contribution < -0.4 is 5.32 Å². The molecule has 0 aliphatic heterocycles. The van der Waals surface area contributed by atoms with Crippen molar-refractivity contribution in [3.63, 3.8) is 0 Å². The van der Waals surface area contributed by atoms with Crippen molar-refractivity contribution < 1.29 is 9.13 Å². The summed E-state index contributed by atoms with van der Waals surface area (Å²) in [7, 11) is 3.78. The Bertz CT molecular complexity index is 395. The molecule has 0 amide bonds. The van der Waals surface area contributed by atoms with Gasteiger partial charge in [0.25, 0.3) is 0 Å². The number of likely N-dealkylation sites (N-methyl/N-ethyl adjacent to an activating group) is 1. The van der Waals surface area contributed by atoms with Gasteiger partial charge < -0.3 is 10.1 Å². The Balaban J connectivity index is 1.87. The largest absolute Gasteiger partial charge is 0.383 e. The highest BCUT2D eigenvalue weighted by molar-refractivity contribution is 5.16. The van der Waals surface area contributed by atoms with Gasteiger partial charge in [-0.2, -0.15) is 0 Å². The molecule has 3 nitrogen and oxygen atoms in total. The second-order valence-electron chi connectivity index (χ2n) is 5.34. The van der Waals surface area contributed by atoms with Gasteiger partial charge in [-0.3, -0.25) is 4.90 Å². The second-order valence-corrected chi connectivity index (χ2v) is 5.34. The molecule has 1 aliphatic carbocycles. The molecule has 1 aromatic rings. The van der Waals surface area contributed by atoms with Gasteiger partial charge in [-0.1, -0.05) is 12.1 Å². The summed E-state index contributed by atoms with van der Waals surface area (Å²) in [6.07, 6.45) is 2.57. The standard InChI is InChI=1S/C15H23FN2O/c1-18(10-12-4-3-5-13(16)8-12)15(11-19-2)9-17-14-6-7-14/h3-5,8,14-15,17H,6-7,9-11H2,1-2H3. The molecule has 0 bridgehead atoms. The zero-order valence-electron chi connectivity index (χ0n) is 11.7. The maximum Gasteiger partial charge on any atom is 0.123 e. The molecular weight excluding hydrogens is 243 g/mol. The van der Waals surface area contributed by atoms with Crippen LogP contribution >= 0.6 is 0 Å². The Hall–Kier alpha value is -0.970. The van der Waals surface area contributed by atoms with Crippen LogP contribution in [0.1, 0.15) is 18.4 Å². The molecule has 0 aromatic heterocycles. The van der Waals surface area contributed by atoms with Crippen LogP contribution in [0.5, 0.6) is 0 Å². The SMILES string of the molecule is COCC(CNC1CC1)N(C)Cc1cccc(F)c1. The number of benzene rings is 1. The topological polar surface area (TPSA) is 24.5 Å². The van der Waals surface area contributed by atoms with E-state index >= 15 is 0 Å². The maximum atomic E-state index is 13.2. The van der Waals surface area contributed by atoms with Crippen molar-refractivity contribution in [2.24, 2.45) is 0 Å². The number of methoxy groups -OCH3 is 1. The minimum atomic E-state index is -0.176. The van der Waals surface area contributed by atoms with Crippen molar-refractivity contribution in [2.75, 3.05) is 27.3 Å². The summed E-state index contributed by atoms with van der Waals surface area (Å²) in [5.74, 6) is -0.176. The number of rotatable bonds is 8. The van der Waals surface area contributed by atoms with Gasteiger partial charge in [0.1, 0.15) is 5.82 Å². The van der Waals surface area contributed by atoms with E-state index in [1.165, 1.54) is 18.9 Å². The van der Waals surface area contributed by atoms with E-state index in [4.69, 9.17) is 4.74 Å². The quantitative estimate of drug-likeness (QED) is 0.779. The average molecular weight is 266 g/mol. The Morgan fingerprint density at radius 3 is 2.89 bits per heavy atom. The van der Waals surface area contributed by atoms with E-state index in [-0.39, 0.29) is 5.82 Å². The monoisotopic (exact) mass is 266 g/mol. The number of hydrogen-bond acceptors (Lipinski definition) is 3. The van der Waals surface area contributed by atoms with Crippen LogP contribution in [0.4, 0.5) is 4.39 Å². The highest BCUT2D eigenvalue weighted by Gasteiger charge is 2.23. The summed E-state index contributed by atoms with van der Waals surface area (Å²) in [6.45, 7) is 2.34. The molecule has 2 rings (SSSR count). The third-order valence-corrected chi connectivity index (χ3v) is 3.52. The van der Waals surface area contributed by atoms with Crippen LogP contribution in [-0.2, 0) is 11.3 Å². The fourth-order valence-electron chi connectivity index (χ4n) is 2.18. The zero-order chi connectivity index (χ0) is 13.7. The maximum absolute atomic E-state index is 13.2. The normalized spacial score (nSPS) is 16.8. The molecule has 106 valence electrons. The van der Waals surface area contributed by atoms with Gasteiger partial charge in [0.05, 0.1) is 6.61 Å². The predicted octanol–water partition coefficient (Wildman–Crippen LogP) is 2.02. The van der Waals surface area contributed by atoms with E-state index < -0.39 is 0 Å². The molecule has 1 fully saturated rings. The lowest BCUT2D eigenvalue weighted by Crippen LogP contribution is -2.43. The van der Waals surface area contributed by atoms with Crippen LogP contribution in [0.15, 0.2) is 24.3 Å². The first-order chi connectivity index (χ1) is 9.19. The number of halogens is 1. The molecule has 19 heavy (non-hydrogen) atoms. The summed E-state index contributed by atoms with van der Waals surface area (Å²) in [5, 5.41) is 3.52. The number of ether oxygens (including phenoxy) is 1. The highest BCUT2D eigenvalue weighted by Crippen LogP contribution is 2.19. The van der Waals surface area contributed by atoms with Gasteiger partial charge in [-0.05, 0) is 37.6 Å². The molecule has 1 aromatic carbocycles. The Labute approximate surface area is 114 Å². The summed E-state index contributed by atoms with van der Waals surface area (Å²) >= 11 is 0. The van der Waals surface area contributed by atoms with E-state index in [1.807, 2.05) is 6.07 Å². The third-order valence-electron chi connectivity index (χ3n) is 3.52. The molecule has 1 unspecified atom stereocenters. The molecule has 0 saturated heterocycles. The van der Waals surface area contributed by atoms with E-state index in [0.29, 0.717) is 18.7 Å². The van der Waals surface area contributed by atoms with Crippen molar-refractivity contribution in [1.82, 2.24) is 10.2 Å². The van der Waals surface area contributed by atoms with Crippen molar-refractivity contribution in [2.45, 2.75) is 31.5 Å². The fourth-order valence-corrected chi connectivity index (χ4v) is 2.18. The van der Waals surface area contributed by atoms with E-state index in [9.17, 15) is 4.39 Å². The number of hydrogen-bond donors (Lipinski definition) is 1. The summed E-state index contributed by atoms with van der Waals surface area (Å²) < 4.78 is 18.5. The lowest BCUT2D eigenvalue weighted by molar-refractivity contribution is 0.101. The first-order valence-electron chi connectivity index (χ1n) is 6.86. The first kappa shape index (κ1) is 14.4. The second kappa shape index (κ2) is 6.98. The Morgan fingerprint density at radius 2 is 2.26 bits per heavy atom. The number of nitrogens with zero attached hydrogens (tertiary/aromatic N) is 1. The van der Waals surface area contributed by atoms with Gasteiger partial charge in [0, 0.05) is 32.3 Å². The predicted molar refractivity (Wildman–Crippen MR) is 74.6 cm³/mol. The molecule has 1 atom stereocenters. The summed E-state index contributed by atoms with van der Waals surface area (Å²) in [4.78, 5) is 2.22. The van der Waals surface area contributed by atoms with E-state index in [0.717, 1.165) is 18.7 Å². The van der Waals surface area contributed by atoms with Crippen molar-refractivity contribution in [3.8, 4) is 0 Å². The van der Waals surface area contributed by atoms with Crippen molar-refractivity contribution in [3.05, 3.63) is 35.6 Å². The molecule has 1 aliphatic rings. The van der Waals surface area contributed by atoms with Crippen molar-refractivity contribution >= 4 is 0 Å². The highest BCUT2D eigenvalue weighted by atomic mass is 19.1. The van der Waals surface area contributed by atoms with Crippen LogP contribution in [0.3, 0.4) is 0 Å². The van der Waals surface area contributed by atoms with Gasteiger partial charge >= 0.3 is 0 Å². The van der Waals surface area contributed by atoms with Gasteiger partial charge in [-0.15, -0.1) is 0 Å². The average Bonchev–Trinajstić information content (AvgIpc) is 3.18. The smallest absolute Gasteiger partial charge is 0.123 e. The Morgan fingerprint density at radius 1 is 1.47 bits per heavy atom. The summed E-state index contributed by atoms with van der Waals surface area (Å²) in [6, 6.07) is 7.79. The summed E-state index contributed by atoms with van der Waals surface area (Å²) in [5.41, 5.74) is 0.995. The minimum Gasteiger partial charge on any atom is -0.383 e. The minimum absolute atomic E-state index is 0.176. The molecule has 0 radical (unpaired) electrons. The van der Waals surface area contributed by atoms with Crippen molar-refractivity contribution in [1.29, 1.82) is 0 Å². The number of nitrogens with one attached hydrogen (secondary N) is 1. The molecule has 1 N–H and O–H groups in total. The van der Waals surface area contributed by atoms with Crippen LogP contribution in [0, 0.1) is 5.82 Å². The molecular formula is C15H23FN2O. The lowest BCUT2D eigenvalue weighted by atomic mass is 10.2. The van der Waals surface area contributed by atoms with Crippen LogP contribution in [0.2, 0.25) is 0 Å². The lowest BCUT2D eigenvalue weighted by Gasteiger charge is -2.28. The Kier molecular flexibility index (Phi) is 5.31. The zero-order valence-corrected chi connectivity index (χ0v) is 11.7. The van der Waals surface area contributed by atoms with E-state index in [2.05, 4.69) is 17.3 Å². The van der Waals surface area contributed by atoms with Crippen LogP contribution in [-0.4, -0.2) is 44.3 Å².